The molecule has 122 valence electrons. The maximum absolute atomic E-state index is 13.5. The molecule has 3 rings (SSSR count). The van der Waals surface area contributed by atoms with Gasteiger partial charge in [0.1, 0.15) is 12.4 Å². The quantitative estimate of drug-likeness (QED) is 0.771. The van der Waals surface area contributed by atoms with Crippen molar-refractivity contribution >= 4 is 11.6 Å². The minimum atomic E-state index is -0.527. The summed E-state index contributed by atoms with van der Waals surface area (Å²) in [6.45, 7) is 1.96. The monoisotopic (exact) mass is 326 g/mol. The lowest BCUT2D eigenvalue weighted by Crippen LogP contribution is -2.11. The summed E-state index contributed by atoms with van der Waals surface area (Å²) < 4.78 is 23.9. The van der Waals surface area contributed by atoms with Crippen LogP contribution in [0.5, 0.6) is 5.88 Å². The highest BCUT2D eigenvalue weighted by atomic mass is 19.1. The van der Waals surface area contributed by atoms with E-state index in [2.05, 4.69) is 10.5 Å². The Morgan fingerprint density at radius 1 is 1.21 bits per heavy atom. The summed E-state index contributed by atoms with van der Waals surface area (Å²) in [4.78, 5) is 12.1. The van der Waals surface area contributed by atoms with Crippen LogP contribution in [0.3, 0.4) is 0 Å². The van der Waals surface area contributed by atoms with Crippen molar-refractivity contribution in [3.8, 4) is 5.88 Å². The van der Waals surface area contributed by atoms with Crippen LogP contribution < -0.4 is 10.1 Å². The zero-order valence-corrected chi connectivity index (χ0v) is 13.0. The first kappa shape index (κ1) is 15.7. The lowest BCUT2D eigenvalue weighted by molar-refractivity contribution is 0.0987. The van der Waals surface area contributed by atoms with Crippen molar-refractivity contribution in [2.45, 2.75) is 13.5 Å². The Morgan fingerprint density at radius 3 is 2.75 bits per heavy atom. The number of aryl methyl sites for hydroxylation is 1. The fourth-order valence-electron chi connectivity index (χ4n) is 2.03. The first-order valence-electron chi connectivity index (χ1n) is 7.33. The van der Waals surface area contributed by atoms with Gasteiger partial charge >= 0.3 is 0 Å². The average molecular weight is 326 g/mol. The molecule has 3 aromatic rings. The third-order valence-corrected chi connectivity index (χ3v) is 3.37. The smallest absolute Gasteiger partial charge is 0.294 e. The molecule has 0 fully saturated rings. The molecule has 0 bridgehead atoms. The van der Waals surface area contributed by atoms with E-state index in [0.29, 0.717) is 17.9 Å². The molecule has 0 unspecified atom stereocenters. The largest absolute Gasteiger partial charge is 0.471 e. The van der Waals surface area contributed by atoms with Gasteiger partial charge in [-0.05, 0) is 35.3 Å². The van der Waals surface area contributed by atoms with E-state index in [-0.39, 0.29) is 11.6 Å². The molecule has 0 aliphatic carbocycles. The number of hydrogen-bond acceptors (Lipinski definition) is 4. The van der Waals surface area contributed by atoms with Crippen LogP contribution in [0.1, 0.15) is 21.7 Å². The Bertz CT molecular complexity index is 846. The Balaban J connectivity index is 1.62. The number of nitrogens with zero attached hydrogens (tertiary/aromatic N) is 1. The zero-order chi connectivity index (χ0) is 16.9. The van der Waals surface area contributed by atoms with E-state index in [1.165, 1.54) is 12.1 Å². The zero-order valence-electron chi connectivity index (χ0n) is 13.0. The normalized spacial score (nSPS) is 10.4. The average Bonchev–Trinajstić information content (AvgIpc) is 3.06. The standard InChI is InChI=1S/C18H15FN2O3/c1-12-7-8-14(9-15(12)19)20-18(22)16-10-17(21-24-16)23-11-13-5-3-2-4-6-13/h2-10H,11H2,1H3,(H,20,22). The van der Waals surface area contributed by atoms with E-state index < -0.39 is 11.7 Å². The first-order valence-corrected chi connectivity index (χ1v) is 7.33. The summed E-state index contributed by atoms with van der Waals surface area (Å²) in [5.74, 6) is -0.726. The number of aromatic nitrogens is 1. The fourth-order valence-corrected chi connectivity index (χ4v) is 2.03. The van der Waals surface area contributed by atoms with Crippen LogP contribution in [-0.2, 0) is 6.61 Å². The molecule has 0 saturated heterocycles. The number of carbonyl (C=O) groups excluding carboxylic acids is 1. The molecular formula is C18H15FN2O3. The number of carbonyl (C=O) groups is 1. The Morgan fingerprint density at radius 2 is 2.00 bits per heavy atom. The predicted molar refractivity (Wildman–Crippen MR) is 86.4 cm³/mol. The van der Waals surface area contributed by atoms with Gasteiger partial charge in [-0.25, -0.2) is 4.39 Å². The lowest BCUT2D eigenvalue weighted by atomic mass is 10.2. The molecule has 0 atom stereocenters. The van der Waals surface area contributed by atoms with Crippen molar-refractivity contribution < 1.29 is 18.4 Å². The third kappa shape index (κ3) is 3.78. The maximum atomic E-state index is 13.5. The summed E-state index contributed by atoms with van der Waals surface area (Å²) in [5, 5.41) is 6.24. The molecule has 0 radical (unpaired) electrons. The predicted octanol–water partition coefficient (Wildman–Crippen LogP) is 3.95. The Kier molecular flexibility index (Phi) is 4.56. The third-order valence-electron chi connectivity index (χ3n) is 3.37. The molecule has 0 saturated carbocycles. The SMILES string of the molecule is Cc1ccc(NC(=O)c2cc(OCc3ccccc3)no2)cc1F. The van der Waals surface area contributed by atoms with Gasteiger partial charge in [-0.1, -0.05) is 36.4 Å². The molecule has 0 spiro atoms. The van der Waals surface area contributed by atoms with Gasteiger partial charge < -0.3 is 14.6 Å². The van der Waals surface area contributed by atoms with Gasteiger partial charge in [-0.3, -0.25) is 4.79 Å². The second-order valence-electron chi connectivity index (χ2n) is 5.22. The van der Waals surface area contributed by atoms with Crippen molar-refractivity contribution in [3.05, 3.63) is 77.3 Å². The Labute approximate surface area is 138 Å². The number of halogens is 1. The highest BCUT2D eigenvalue weighted by Gasteiger charge is 2.14. The van der Waals surface area contributed by atoms with Gasteiger partial charge in [0.2, 0.25) is 5.76 Å². The summed E-state index contributed by atoms with van der Waals surface area (Å²) in [6, 6.07) is 15.4. The van der Waals surface area contributed by atoms with Crippen LogP contribution in [0.2, 0.25) is 0 Å². The number of benzene rings is 2. The number of hydrogen-bond donors (Lipinski definition) is 1. The van der Waals surface area contributed by atoms with Crippen LogP contribution in [0.25, 0.3) is 0 Å². The molecule has 0 aliphatic heterocycles. The molecule has 1 amide bonds. The van der Waals surface area contributed by atoms with Crippen LogP contribution >= 0.6 is 0 Å². The molecule has 1 aromatic heterocycles. The van der Waals surface area contributed by atoms with Crippen LogP contribution in [-0.4, -0.2) is 11.1 Å². The number of anilines is 1. The number of rotatable bonds is 5. The maximum Gasteiger partial charge on any atom is 0.294 e. The van der Waals surface area contributed by atoms with Crippen molar-refractivity contribution in [3.63, 3.8) is 0 Å². The highest BCUT2D eigenvalue weighted by molar-refractivity contribution is 6.02. The van der Waals surface area contributed by atoms with Gasteiger partial charge in [0, 0.05) is 5.69 Å². The van der Waals surface area contributed by atoms with E-state index in [1.54, 1.807) is 19.1 Å². The van der Waals surface area contributed by atoms with Crippen molar-refractivity contribution in [1.82, 2.24) is 5.16 Å². The number of ether oxygens (including phenoxy) is 1. The highest BCUT2D eigenvalue weighted by Crippen LogP contribution is 2.17. The molecule has 24 heavy (non-hydrogen) atoms. The molecule has 6 heteroatoms. The second kappa shape index (κ2) is 6.95. The van der Waals surface area contributed by atoms with Crippen LogP contribution in [0, 0.1) is 12.7 Å². The van der Waals surface area contributed by atoms with Crippen LogP contribution in [0.15, 0.2) is 59.1 Å². The minimum absolute atomic E-state index is 0.0148. The summed E-state index contributed by atoms with van der Waals surface area (Å²) in [7, 11) is 0. The van der Waals surface area contributed by atoms with E-state index >= 15 is 0 Å². The van der Waals surface area contributed by atoms with Crippen molar-refractivity contribution in [1.29, 1.82) is 0 Å². The minimum Gasteiger partial charge on any atom is -0.471 e. The molecular weight excluding hydrogens is 311 g/mol. The lowest BCUT2D eigenvalue weighted by Gasteiger charge is -2.03. The summed E-state index contributed by atoms with van der Waals surface area (Å²) in [6.07, 6.45) is 0. The van der Waals surface area contributed by atoms with Crippen LogP contribution in [0.4, 0.5) is 10.1 Å². The van der Waals surface area contributed by atoms with E-state index in [9.17, 15) is 9.18 Å². The van der Waals surface area contributed by atoms with Gasteiger partial charge in [-0.15, -0.1) is 0 Å². The molecule has 1 heterocycles. The van der Waals surface area contributed by atoms with Gasteiger partial charge in [0.05, 0.1) is 6.07 Å². The number of nitrogens with one attached hydrogen (secondary N) is 1. The topological polar surface area (TPSA) is 64.4 Å². The fraction of sp³-hybridized carbons (Fsp3) is 0.111. The van der Waals surface area contributed by atoms with Crippen molar-refractivity contribution in [2.75, 3.05) is 5.32 Å². The van der Waals surface area contributed by atoms with Crippen molar-refractivity contribution in [2.24, 2.45) is 0 Å². The van der Waals surface area contributed by atoms with E-state index in [4.69, 9.17) is 9.26 Å². The van der Waals surface area contributed by atoms with E-state index in [0.717, 1.165) is 5.56 Å². The van der Waals surface area contributed by atoms with Gasteiger partial charge in [0.15, 0.2) is 0 Å². The summed E-state index contributed by atoms with van der Waals surface area (Å²) >= 11 is 0. The molecule has 1 N–H and O–H groups in total. The van der Waals surface area contributed by atoms with E-state index in [1.807, 2.05) is 30.3 Å². The van der Waals surface area contributed by atoms with Gasteiger partial charge in [-0.2, -0.15) is 0 Å². The molecule has 0 aliphatic rings. The molecule has 2 aromatic carbocycles. The van der Waals surface area contributed by atoms with Gasteiger partial charge in [0.25, 0.3) is 11.8 Å². The Hall–Kier alpha value is -3.15. The summed E-state index contributed by atoms with van der Waals surface area (Å²) in [5.41, 5.74) is 1.82. The molecule has 5 nitrogen and oxygen atoms in total. The second-order valence-corrected chi connectivity index (χ2v) is 5.22. The first-order chi connectivity index (χ1) is 11.6. The number of amides is 1.